The Hall–Kier alpha value is -2.50. The number of fused-ring (bicyclic) bond motifs is 1. The van der Waals surface area contributed by atoms with Crippen molar-refractivity contribution in [1.29, 1.82) is 0 Å². The second-order valence-corrected chi connectivity index (χ2v) is 7.14. The topological polar surface area (TPSA) is 70.7 Å². The van der Waals surface area contributed by atoms with Gasteiger partial charge in [-0.05, 0) is 11.1 Å². The molecule has 2 N–H and O–H groups in total. The largest absolute Gasteiger partial charge is 0.506 e. The van der Waals surface area contributed by atoms with Crippen LogP contribution in [0.4, 0.5) is 0 Å². The quantitative estimate of drug-likeness (QED) is 0.751. The third-order valence-corrected chi connectivity index (χ3v) is 5.77. The Balaban J connectivity index is 1.69. The molecule has 3 aromatic rings. The zero-order valence-electron chi connectivity index (χ0n) is 13.3. The van der Waals surface area contributed by atoms with Crippen LogP contribution in [0.3, 0.4) is 0 Å². The molecule has 0 saturated heterocycles. The lowest BCUT2D eigenvalue weighted by atomic mass is 10.1. The van der Waals surface area contributed by atoms with Crippen LogP contribution < -0.4 is 5.63 Å². The summed E-state index contributed by atoms with van der Waals surface area (Å²) in [5.41, 5.74) is 2.18. The van der Waals surface area contributed by atoms with E-state index in [9.17, 15) is 15.0 Å². The Kier molecular flexibility index (Phi) is 4.11. The standard InChI is InChI=1S/C20H16O4S/c21-15-10-13-8-4-5-9-14(13)18(15)25-19-16(22)11-17(24-20(19)23)12-6-2-1-3-7-12/h1-9,11,15,18,21-22H,10H2. The molecular formula is C20H16O4S. The number of aromatic hydroxyl groups is 1. The average Bonchev–Trinajstić information content (AvgIpc) is 2.94. The number of hydrogen-bond acceptors (Lipinski definition) is 5. The molecule has 0 fully saturated rings. The summed E-state index contributed by atoms with van der Waals surface area (Å²) in [6, 6.07) is 18.4. The molecule has 0 amide bonds. The molecule has 0 spiro atoms. The Morgan fingerprint density at radius 2 is 1.76 bits per heavy atom. The van der Waals surface area contributed by atoms with Crippen molar-refractivity contribution in [2.24, 2.45) is 0 Å². The van der Waals surface area contributed by atoms with E-state index < -0.39 is 11.7 Å². The van der Waals surface area contributed by atoms with Gasteiger partial charge in [-0.25, -0.2) is 4.79 Å². The maximum atomic E-state index is 12.4. The predicted octanol–water partition coefficient (Wildman–Crippen LogP) is 3.76. The number of benzene rings is 2. The van der Waals surface area contributed by atoms with Crippen LogP contribution in [0.15, 0.2) is 74.8 Å². The molecule has 4 rings (SSSR count). The van der Waals surface area contributed by atoms with Crippen LogP contribution in [0.1, 0.15) is 16.4 Å². The molecule has 2 atom stereocenters. The molecule has 4 nitrogen and oxygen atoms in total. The SMILES string of the molecule is O=c1oc(-c2ccccc2)cc(O)c1SC1c2ccccc2CC1O. The van der Waals surface area contributed by atoms with Gasteiger partial charge in [0.05, 0.1) is 11.4 Å². The van der Waals surface area contributed by atoms with Crippen molar-refractivity contribution in [2.45, 2.75) is 22.7 Å². The molecule has 1 aromatic heterocycles. The molecular weight excluding hydrogens is 336 g/mol. The molecule has 1 aliphatic carbocycles. The van der Waals surface area contributed by atoms with Crippen molar-refractivity contribution >= 4 is 11.8 Å². The lowest BCUT2D eigenvalue weighted by Gasteiger charge is -2.15. The van der Waals surface area contributed by atoms with Crippen molar-refractivity contribution in [3.05, 3.63) is 82.2 Å². The summed E-state index contributed by atoms with van der Waals surface area (Å²) in [5.74, 6) is 0.191. The molecule has 0 saturated carbocycles. The van der Waals surface area contributed by atoms with Gasteiger partial charge in [0.15, 0.2) is 0 Å². The minimum atomic E-state index is -0.602. The Bertz CT molecular complexity index is 965. The lowest BCUT2D eigenvalue weighted by molar-refractivity contribution is 0.184. The van der Waals surface area contributed by atoms with Crippen molar-refractivity contribution in [2.75, 3.05) is 0 Å². The van der Waals surface area contributed by atoms with Crippen LogP contribution in [-0.2, 0) is 6.42 Å². The molecule has 1 aliphatic rings. The van der Waals surface area contributed by atoms with E-state index in [0.717, 1.165) is 28.5 Å². The zero-order valence-corrected chi connectivity index (χ0v) is 14.1. The highest BCUT2D eigenvalue weighted by atomic mass is 32.2. The molecule has 2 unspecified atom stereocenters. The van der Waals surface area contributed by atoms with Crippen LogP contribution in [0.5, 0.6) is 5.75 Å². The number of hydrogen-bond donors (Lipinski definition) is 2. The fraction of sp³-hybridized carbons (Fsp3) is 0.150. The van der Waals surface area contributed by atoms with Crippen molar-refractivity contribution in [1.82, 2.24) is 0 Å². The Morgan fingerprint density at radius 1 is 1.04 bits per heavy atom. The van der Waals surface area contributed by atoms with Crippen LogP contribution in [0.25, 0.3) is 11.3 Å². The lowest BCUT2D eigenvalue weighted by Crippen LogP contribution is -2.12. The highest BCUT2D eigenvalue weighted by Crippen LogP contribution is 2.46. The summed E-state index contributed by atoms with van der Waals surface area (Å²) in [5, 5.41) is 20.4. The summed E-state index contributed by atoms with van der Waals surface area (Å²) in [6.07, 6.45) is -0.0582. The maximum absolute atomic E-state index is 12.4. The first-order valence-corrected chi connectivity index (χ1v) is 8.86. The minimum absolute atomic E-state index is 0.125. The summed E-state index contributed by atoms with van der Waals surface area (Å²) in [6.45, 7) is 0. The molecule has 0 aliphatic heterocycles. The van der Waals surface area contributed by atoms with E-state index in [1.807, 2.05) is 54.6 Å². The summed E-state index contributed by atoms with van der Waals surface area (Å²) in [7, 11) is 0. The first kappa shape index (κ1) is 16.0. The number of aliphatic hydroxyl groups excluding tert-OH is 1. The summed E-state index contributed by atoms with van der Waals surface area (Å²) >= 11 is 1.15. The van der Waals surface area contributed by atoms with Gasteiger partial charge in [0.25, 0.3) is 0 Å². The molecule has 0 bridgehead atoms. The van der Waals surface area contributed by atoms with E-state index in [1.165, 1.54) is 6.07 Å². The summed E-state index contributed by atoms with van der Waals surface area (Å²) < 4.78 is 5.39. The molecule has 126 valence electrons. The maximum Gasteiger partial charge on any atom is 0.353 e. The second-order valence-electron chi connectivity index (χ2n) is 5.99. The van der Waals surface area contributed by atoms with E-state index in [1.54, 1.807) is 0 Å². The van der Waals surface area contributed by atoms with E-state index >= 15 is 0 Å². The van der Waals surface area contributed by atoms with Crippen LogP contribution in [0.2, 0.25) is 0 Å². The molecule has 5 heteroatoms. The molecule has 1 heterocycles. The second kappa shape index (κ2) is 6.43. The van der Waals surface area contributed by atoms with Gasteiger partial charge in [0.2, 0.25) is 0 Å². The van der Waals surface area contributed by atoms with E-state index in [-0.39, 0.29) is 15.9 Å². The highest BCUT2D eigenvalue weighted by Gasteiger charge is 2.33. The van der Waals surface area contributed by atoms with E-state index in [2.05, 4.69) is 0 Å². The molecule has 2 aromatic carbocycles. The van der Waals surface area contributed by atoms with Gasteiger partial charge in [0, 0.05) is 18.1 Å². The fourth-order valence-electron chi connectivity index (χ4n) is 3.13. The van der Waals surface area contributed by atoms with E-state index in [4.69, 9.17) is 4.42 Å². The van der Waals surface area contributed by atoms with Crippen molar-refractivity contribution in [3.63, 3.8) is 0 Å². The van der Waals surface area contributed by atoms with E-state index in [0.29, 0.717) is 12.2 Å². The van der Waals surface area contributed by atoms with Gasteiger partial charge in [-0.15, -0.1) is 11.8 Å². The average molecular weight is 352 g/mol. The Labute approximate surface area is 148 Å². The third kappa shape index (κ3) is 2.97. The number of rotatable bonds is 3. The first-order chi connectivity index (χ1) is 12.1. The van der Waals surface area contributed by atoms with Gasteiger partial charge in [0.1, 0.15) is 16.4 Å². The van der Waals surface area contributed by atoms with Gasteiger partial charge in [-0.2, -0.15) is 0 Å². The molecule has 25 heavy (non-hydrogen) atoms. The fourth-order valence-corrected chi connectivity index (χ4v) is 4.31. The normalized spacial score (nSPS) is 18.9. The van der Waals surface area contributed by atoms with Gasteiger partial charge >= 0.3 is 5.63 Å². The van der Waals surface area contributed by atoms with Gasteiger partial charge < -0.3 is 14.6 Å². The summed E-state index contributed by atoms with van der Waals surface area (Å²) in [4.78, 5) is 12.5. The van der Waals surface area contributed by atoms with Crippen LogP contribution >= 0.6 is 11.8 Å². The van der Waals surface area contributed by atoms with Crippen LogP contribution in [0, 0.1) is 0 Å². The first-order valence-electron chi connectivity index (χ1n) is 7.98. The van der Waals surface area contributed by atoms with Crippen molar-refractivity contribution < 1.29 is 14.6 Å². The van der Waals surface area contributed by atoms with Crippen LogP contribution in [-0.4, -0.2) is 16.3 Å². The zero-order chi connectivity index (χ0) is 17.4. The molecule has 0 radical (unpaired) electrons. The number of aliphatic hydroxyl groups is 1. The Morgan fingerprint density at radius 3 is 2.52 bits per heavy atom. The highest BCUT2D eigenvalue weighted by molar-refractivity contribution is 7.99. The predicted molar refractivity (Wildman–Crippen MR) is 96.8 cm³/mol. The monoisotopic (exact) mass is 352 g/mol. The van der Waals surface area contributed by atoms with Gasteiger partial charge in [-0.1, -0.05) is 54.6 Å². The van der Waals surface area contributed by atoms with Crippen molar-refractivity contribution in [3.8, 4) is 17.1 Å². The minimum Gasteiger partial charge on any atom is -0.506 e. The third-order valence-electron chi connectivity index (χ3n) is 4.33. The smallest absolute Gasteiger partial charge is 0.353 e. The number of thioether (sulfide) groups is 1. The van der Waals surface area contributed by atoms with Gasteiger partial charge in [-0.3, -0.25) is 0 Å².